The number of pyridine rings is 2. The maximum absolute atomic E-state index is 7.23. The van der Waals surface area contributed by atoms with E-state index in [1.165, 1.54) is 31.6 Å². The van der Waals surface area contributed by atoms with Gasteiger partial charge in [0.2, 0.25) is 0 Å². The van der Waals surface area contributed by atoms with E-state index in [1.807, 2.05) is 35.7 Å². The maximum atomic E-state index is 7.23. The first-order valence-electron chi connectivity index (χ1n) is 13.3. The Balaban J connectivity index is 0.000000192. The molecule has 187 valence electrons. The number of fused-ring (bicyclic) bond motifs is 3. The number of hydrogen-bond acceptors (Lipinski definition) is 3. The SMILES string of the molecule is C[Si](C)(C)c1ccc(-c2[c-]cc3sc4ccccc4c3c2)nc1.[2H]C([2H])([2H])c1ccc(-c2[c-]cccc2)nc1.[Ir]. The van der Waals surface area contributed by atoms with Crippen LogP contribution in [0, 0.1) is 19.0 Å². The molecule has 5 heteroatoms. The third kappa shape index (κ3) is 6.31. The zero-order chi connectivity index (χ0) is 27.6. The smallest absolute Gasteiger partial charge is 0.0795 e. The summed E-state index contributed by atoms with van der Waals surface area (Å²) in [4.78, 5) is 8.82. The van der Waals surface area contributed by atoms with Crippen molar-refractivity contribution in [2.45, 2.75) is 26.5 Å². The Morgan fingerprint density at radius 2 is 1.51 bits per heavy atom. The van der Waals surface area contributed by atoms with Crippen molar-refractivity contribution in [2.75, 3.05) is 0 Å². The Morgan fingerprint density at radius 3 is 2.19 bits per heavy atom. The van der Waals surface area contributed by atoms with Crippen molar-refractivity contribution in [1.29, 1.82) is 0 Å². The number of thiophene rings is 1. The fourth-order valence-corrected chi connectivity index (χ4v) is 6.02. The fourth-order valence-electron chi connectivity index (χ4n) is 3.92. The Kier molecular flexibility index (Phi) is 7.28. The minimum Gasteiger partial charge on any atom is -0.305 e. The molecule has 0 unspecified atom stereocenters. The number of aromatic nitrogens is 2. The monoisotopic (exact) mass is 696 g/mol. The molecule has 0 spiro atoms. The van der Waals surface area contributed by atoms with Crippen LogP contribution in [0.5, 0.6) is 0 Å². The number of nitrogens with zero attached hydrogens (tertiary/aromatic N) is 2. The summed E-state index contributed by atoms with van der Waals surface area (Å²) < 4.78 is 24.3. The summed E-state index contributed by atoms with van der Waals surface area (Å²) in [6.07, 6.45) is 3.44. The molecule has 2 nitrogen and oxygen atoms in total. The number of hydrogen-bond donors (Lipinski definition) is 0. The zero-order valence-electron chi connectivity index (χ0n) is 23.9. The van der Waals surface area contributed by atoms with Crippen LogP contribution in [0.15, 0.2) is 97.3 Å². The summed E-state index contributed by atoms with van der Waals surface area (Å²) in [6, 6.07) is 34.5. The molecule has 0 N–H and O–H groups in total. The molecule has 3 aromatic heterocycles. The molecule has 0 saturated heterocycles. The predicted molar refractivity (Wildman–Crippen MR) is 158 cm³/mol. The first-order valence-corrected chi connectivity index (χ1v) is 16.1. The van der Waals surface area contributed by atoms with Crippen molar-refractivity contribution in [1.82, 2.24) is 9.97 Å². The Labute approximate surface area is 242 Å². The standard InChI is InChI=1S/C20H18NSSi.C12H10N.Ir/c1-23(2,3)15-9-10-18(21-13-15)14-8-11-20-17(12-14)16-6-4-5-7-19(16)22-20;1-10-7-8-12(13-9-10)11-5-3-2-4-6-11;/h4-7,9-13H,1-3H3;2-5,7-9H,1H3;/q2*-1;/i;1D3;. The molecule has 0 atom stereocenters. The third-order valence-electron chi connectivity index (χ3n) is 5.96. The topological polar surface area (TPSA) is 25.8 Å². The van der Waals surface area contributed by atoms with E-state index in [2.05, 4.69) is 85.3 Å². The molecule has 0 aliphatic heterocycles. The molecule has 0 amide bonds. The van der Waals surface area contributed by atoms with Crippen LogP contribution in [0.4, 0.5) is 0 Å². The van der Waals surface area contributed by atoms with Crippen molar-refractivity contribution in [2.24, 2.45) is 0 Å². The van der Waals surface area contributed by atoms with Gasteiger partial charge in [-0.3, -0.25) is 0 Å². The average Bonchev–Trinajstić information content (AvgIpc) is 3.31. The molecular formula is C32H28IrN2SSi-2. The average molecular weight is 696 g/mol. The van der Waals surface area contributed by atoms with E-state index in [-0.39, 0.29) is 25.7 Å². The van der Waals surface area contributed by atoms with Crippen LogP contribution in [0.1, 0.15) is 9.68 Å². The number of aryl methyl sites for hydroxylation is 1. The normalized spacial score (nSPS) is 12.6. The molecule has 6 rings (SSSR count). The van der Waals surface area contributed by atoms with Gasteiger partial charge < -0.3 is 9.97 Å². The van der Waals surface area contributed by atoms with Crippen LogP contribution in [0.25, 0.3) is 42.7 Å². The van der Waals surface area contributed by atoms with Crippen LogP contribution in [-0.4, -0.2) is 18.0 Å². The van der Waals surface area contributed by atoms with Gasteiger partial charge in [0.25, 0.3) is 0 Å². The summed E-state index contributed by atoms with van der Waals surface area (Å²) in [5.41, 5.74) is 3.92. The van der Waals surface area contributed by atoms with Gasteiger partial charge in [-0.2, -0.15) is 11.3 Å². The minimum atomic E-state index is -2.09. The first kappa shape index (κ1) is 23.2. The molecule has 0 fully saturated rings. The molecule has 0 saturated carbocycles. The number of benzene rings is 3. The van der Waals surface area contributed by atoms with Crippen LogP contribution in [0.2, 0.25) is 19.6 Å². The summed E-state index contributed by atoms with van der Waals surface area (Å²) in [6.45, 7) is 4.95. The van der Waals surface area contributed by atoms with Gasteiger partial charge in [-0.25, -0.2) is 0 Å². The third-order valence-corrected chi connectivity index (χ3v) is 9.13. The molecular weight excluding hydrogens is 665 g/mol. The maximum Gasteiger partial charge on any atom is 0.0795 e. The Morgan fingerprint density at radius 1 is 0.757 bits per heavy atom. The molecule has 6 aromatic rings. The van der Waals surface area contributed by atoms with Gasteiger partial charge in [0, 0.05) is 41.3 Å². The van der Waals surface area contributed by atoms with E-state index in [4.69, 9.17) is 9.10 Å². The van der Waals surface area contributed by atoms with E-state index in [9.17, 15) is 0 Å². The van der Waals surface area contributed by atoms with E-state index in [0.29, 0.717) is 0 Å². The molecule has 37 heavy (non-hydrogen) atoms. The molecule has 0 aliphatic carbocycles. The van der Waals surface area contributed by atoms with Gasteiger partial charge in [-0.05, 0) is 45.1 Å². The minimum absolute atomic E-state index is 0. The molecule has 1 radical (unpaired) electrons. The van der Waals surface area contributed by atoms with Crippen molar-refractivity contribution in [3.05, 3.63) is 115 Å². The fraction of sp³-hybridized carbons (Fsp3) is 0.125. The second-order valence-corrected chi connectivity index (χ2v) is 15.8. The van der Waals surface area contributed by atoms with Gasteiger partial charge in [0.05, 0.1) is 8.07 Å². The molecule has 0 aliphatic rings. The van der Waals surface area contributed by atoms with Crippen LogP contribution in [-0.2, 0) is 20.1 Å². The summed E-state index contributed by atoms with van der Waals surface area (Å²) in [5.74, 6) is 0. The van der Waals surface area contributed by atoms with Crippen molar-refractivity contribution in [3.8, 4) is 22.5 Å². The quantitative estimate of drug-likeness (QED) is 0.138. The second-order valence-electron chi connectivity index (χ2n) is 9.61. The molecule has 3 aromatic carbocycles. The van der Waals surface area contributed by atoms with E-state index in [0.717, 1.165) is 22.5 Å². The Hall–Kier alpha value is -2.95. The summed E-state index contributed by atoms with van der Waals surface area (Å²) in [5, 5.41) is 4.01. The van der Waals surface area contributed by atoms with E-state index < -0.39 is 14.9 Å². The second kappa shape index (κ2) is 11.6. The van der Waals surface area contributed by atoms with Gasteiger partial charge >= 0.3 is 0 Å². The predicted octanol–water partition coefficient (Wildman–Crippen LogP) is 8.32. The first-order chi connectivity index (χ1) is 18.6. The molecule has 0 bridgehead atoms. The van der Waals surface area contributed by atoms with Gasteiger partial charge in [0.15, 0.2) is 0 Å². The van der Waals surface area contributed by atoms with Crippen molar-refractivity contribution in [3.63, 3.8) is 0 Å². The van der Waals surface area contributed by atoms with Crippen LogP contribution < -0.4 is 5.19 Å². The van der Waals surface area contributed by atoms with Crippen LogP contribution >= 0.6 is 11.3 Å². The summed E-state index contributed by atoms with van der Waals surface area (Å²) >= 11 is 1.83. The van der Waals surface area contributed by atoms with E-state index in [1.54, 1.807) is 18.2 Å². The zero-order valence-corrected chi connectivity index (χ0v) is 25.1. The largest absolute Gasteiger partial charge is 0.305 e. The van der Waals surface area contributed by atoms with Gasteiger partial charge in [-0.15, -0.1) is 59.7 Å². The summed E-state index contributed by atoms with van der Waals surface area (Å²) in [7, 11) is -1.30. The van der Waals surface area contributed by atoms with E-state index >= 15 is 0 Å². The number of rotatable bonds is 3. The van der Waals surface area contributed by atoms with Crippen molar-refractivity contribution < 1.29 is 24.2 Å². The van der Waals surface area contributed by atoms with Crippen molar-refractivity contribution >= 4 is 44.8 Å². The van der Waals surface area contributed by atoms with Gasteiger partial charge in [0.1, 0.15) is 0 Å². The Bertz CT molecular complexity index is 1710. The van der Waals surface area contributed by atoms with Crippen LogP contribution in [0.3, 0.4) is 0 Å². The molecule has 3 heterocycles. The van der Waals surface area contributed by atoms with Gasteiger partial charge in [-0.1, -0.05) is 67.5 Å².